The molecule has 128 valence electrons. The van der Waals surface area contributed by atoms with Gasteiger partial charge in [-0.2, -0.15) is 0 Å². The van der Waals surface area contributed by atoms with Crippen molar-refractivity contribution in [3.05, 3.63) is 46.7 Å². The van der Waals surface area contributed by atoms with Crippen molar-refractivity contribution >= 4 is 41.0 Å². The van der Waals surface area contributed by atoms with Crippen molar-refractivity contribution in [2.45, 2.75) is 25.6 Å². The number of amides is 2. The van der Waals surface area contributed by atoms with E-state index in [1.165, 1.54) is 11.8 Å². The van der Waals surface area contributed by atoms with Crippen LogP contribution in [-0.4, -0.2) is 28.0 Å². The number of anilines is 1. The summed E-state index contributed by atoms with van der Waals surface area (Å²) in [6.07, 6.45) is 0. The first kappa shape index (κ1) is 18.4. The predicted octanol–water partition coefficient (Wildman–Crippen LogP) is 3.01. The minimum absolute atomic E-state index is 0.142. The molecule has 0 saturated heterocycles. The van der Waals surface area contributed by atoms with Crippen molar-refractivity contribution in [3.8, 4) is 0 Å². The summed E-state index contributed by atoms with van der Waals surface area (Å²) in [6.45, 7) is 3.88. The summed E-state index contributed by atoms with van der Waals surface area (Å²) in [5.41, 5.74) is 0.924. The van der Waals surface area contributed by atoms with Crippen molar-refractivity contribution in [1.82, 2.24) is 10.5 Å². The average molecular weight is 368 g/mol. The lowest BCUT2D eigenvalue weighted by Crippen LogP contribution is -2.28. The molecule has 0 aliphatic rings. The summed E-state index contributed by atoms with van der Waals surface area (Å²) in [7, 11) is 0. The van der Waals surface area contributed by atoms with Crippen molar-refractivity contribution < 1.29 is 14.1 Å². The number of halogens is 1. The molecule has 0 saturated carbocycles. The Morgan fingerprint density at radius 3 is 2.83 bits per heavy atom. The molecular formula is C16H18ClN3O3S. The van der Waals surface area contributed by atoms with E-state index in [0.717, 1.165) is 5.56 Å². The fourth-order valence-electron chi connectivity index (χ4n) is 1.83. The van der Waals surface area contributed by atoms with E-state index in [9.17, 15) is 9.59 Å². The Kier molecular flexibility index (Phi) is 6.69. The van der Waals surface area contributed by atoms with Crippen molar-refractivity contribution in [2.24, 2.45) is 0 Å². The molecule has 1 unspecified atom stereocenters. The monoisotopic (exact) mass is 367 g/mol. The van der Waals surface area contributed by atoms with E-state index in [0.29, 0.717) is 23.1 Å². The highest BCUT2D eigenvalue weighted by molar-refractivity contribution is 8.01. The second-order valence-electron chi connectivity index (χ2n) is 5.17. The maximum atomic E-state index is 12.0. The number of hydrogen-bond donors (Lipinski definition) is 2. The molecule has 2 amide bonds. The molecule has 1 atom stereocenters. The first-order valence-electron chi connectivity index (χ1n) is 7.31. The zero-order valence-corrected chi connectivity index (χ0v) is 14.9. The first-order valence-corrected chi connectivity index (χ1v) is 8.73. The van der Waals surface area contributed by atoms with Gasteiger partial charge in [-0.1, -0.05) is 28.9 Å². The Morgan fingerprint density at radius 2 is 2.17 bits per heavy atom. The minimum atomic E-state index is -0.390. The molecule has 8 heteroatoms. The van der Waals surface area contributed by atoms with Gasteiger partial charge >= 0.3 is 0 Å². The summed E-state index contributed by atoms with van der Waals surface area (Å²) in [4.78, 5) is 23.9. The highest BCUT2D eigenvalue weighted by Crippen LogP contribution is 2.14. The molecule has 0 aliphatic carbocycles. The van der Waals surface area contributed by atoms with E-state index in [1.807, 2.05) is 12.1 Å². The predicted molar refractivity (Wildman–Crippen MR) is 95.1 cm³/mol. The zero-order chi connectivity index (χ0) is 17.5. The van der Waals surface area contributed by atoms with Crippen LogP contribution in [0.25, 0.3) is 0 Å². The maximum absolute atomic E-state index is 12.0. The standard InChI is InChI=1S/C16H18ClN3O3S/c1-10-6-14(20-23-10)19-16(22)11(2)24-9-15(21)18-8-12-4-3-5-13(17)7-12/h3-7,11H,8-9H2,1-2H3,(H,18,21)(H,19,20,22). The van der Waals surface area contributed by atoms with Gasteiger partial charge in [-0.15, -0.1) is 11.8 Å². The van der Waals surface area contributed by atoms with Crippen molar-refractivity contribution in [1.29, 1.82) is 0 Å². The van der Waals surface area contributed by atoms with Crippen molar-refractivity contribution in [2.75, 3.05) is 11.1 Å². The number of carbonyl (C=O) groups is 2. The molecule has 24 heavy (non-hydrogen) atoms. The van der Waals surface area contributed by atoms with Crippen LogP contribution in [0.4, 0.5) is 5.82 Å². The third-order valence-electron chi connectivity index (χ3n) is 3.09. The molecule has 2 aromatic rings. The van der Waals surface area contributed by atoms with Crippen LogP contribution in [0.1, 0.15) is 18.2 Å². The van der Waals surface area contributed by atoms with Crippen LogP contribution in [0.2, 0.25) is 5.02 Å². The first-order chi connectivity index (χ1) is 11.4. The summed E-state index contributed by atoms with van der Waals surface area (Å²) in [5, 5.41) is 9.37. The number of aromatic nitrogens is 1. The molecular weight excluding hydrogens is 350 g/mol. The number of nitrogens with one attached hydrogen (secondary N) is 2. The molecule has 2 rings (SSSR count). The van der Waals surface area contributed by atoms with Gasteiger partial charge in [0.05, 0.1) is 11.0 Å². The number of nitrogens with zero attached hydrogens (tertiary/aromatic N) is 1. The Morgan fingerprint density at radius 1 is 1.38 bits per heavy atom. The molecule has 6 nitrogen and oxygen atoms in total. The average Bonchev–Trinajstić information content (AvgIpc) is 2.95. The van der Waals surface area contributed by atoms with E-state index < -0.39 is 0 Å². The van der Waals surface area contributed by atoms with Gasteiger partial charge in [0.2, 0.25) is 11.8 Å². The molecule has 1 heterocycles. The molecule has 0 spiro atoms. The quantitative estimate of drug-likeness (QED) is 0.785. The SMILES string of the molecule is Cc1cc(NC(=O)C(C)SCC(=O)NCc2cccc(Cl)c2)no1. The normalized spacial score (nSPS) is 11.8. The van der Waals surface area contributed by atoms with Gasteiger partial charge in [0.25, 0.3) is 0 Å². The number of hydrogen-bond acceptors (Lipinski definition) is 5. The zero-order valence-electron chi connectivity index (χ0n) is 13.3. The lowest BCUT2D eigenvalue weighted by molar-refractivity contribution is -0.118. The van der Waals surface area contributed by atoms with Gasteiger partial charge in [-0.3, -0.25) is 9.59 Å². The summed E-state index contributed by atoms with van der Waals surface area (Å²) in [6, 6.07) is 8.92. The van der Waals surface area contributed by atoms with Gasteiger partial charge in [-0.05, 0) is 31.5 Å². The molecule has 0 aliphatic heterocycles. The summed E-state index contributed by atoms with van der Waals surface area (Å²) >= 11 is 7.14. The number of benzene rings is 1. The van der Waals surface area contributed by atoms with Gasteiger partial charge in [0, 0.05) is 17.6 Å². The molecule has 0 fully saturated rings. The highest BCUT2D eigenvalue weighted by atomic mass is 35.5. The lowest BCUT2D eigenvalue weighted by Gasteiger charge is -2.10. The maximum Gasteiger partial charge on any atom is 0.238 e. The fraction of sp³-hybridized carbons (Fsp3) is 0.312. The van der Waals surface area contributed by atoms with Crippen LogP contribution in [-0.2, 0) is 16.1 Å². The Bertz CT molecular complexity index is 720. The third-order valence-corrected chi connectivity index (χ3v) is 4.47. The van der Waals surface area contributed by atoms with Gasteiger partial charge < -0.3 is 15.2 Å². The number of carbonyl (C=O) groups excluding carboxylic acids is 2. The van der Waals surface area contributed by atoms with Crippen LogP contribution >= 0.6 is 23.4 Å². The smallest absolute Gasteiger partial charge is 0.238 e. The topological polar surface area (TPSA) is 84.2 Å². The second-order valence-corrected chi connectivity index (χ2v) is 6.94. The van der Waals surface area contributed by atoms with Crippen LogP contribution in [0, 0.1) is 6.92 Å². The lowest BCUT2D eigenvalue weighted by atomic mass is 10.2. The summed E-state index contributed by atoms with van der Waals surface area (Å²) < 4.78 is 4.88. The Balaban J connectivity index is 1.71. The van der Waals surface area contributed by atoms with Crippen LogP contribution in [0.15, 0.2) is 34.9 Å². The molecule has 1 aromatic heterocycles. The number of thioether (sulfide) groups is 1. The van der Waals surface area contributed by atoms with Crippen molar-refractivity contribution in [3.63, 3.8) is 0 Å². The third kappa shape index (κ3) is 5.90. The molecule has 2 N–H and O–H groups in total. The fourth-order valence-corrected chi connectivity index (χ4v) is 2.75. The van der Waals surface area contributed by atoms with E-state index >= 15 is 0 Å². The van der Waals surface area contributed by atoms with Gasteiger partial charge in [0.1, 0.15) is 5.76 Å². The van der Waals surface area contributed by atoms with Crippen LogP contribution in [0.3, 0.4) is 0 Å². The molecule has 0 bridgehead atoms. The van der Waals surface area contributed by atoms with E-state index in [2.05, 4.69) is 15.8 Å². The van der Waals surface area contributed by atoms with Gasteiger partial charge in [-0.25, -0.2) is 0 Å². The van der Waals surface area contributed by atoms with Crippen LogP contribution in [0.5, 0.6) is 0 Å². The van der Waals surface area contributed by atoms with Crippen LogP contribution < -0.4 is 10.6 Å². The Labute approximate surface area is 149 Å². The molecule has 0 radical (unpaired) electrons. The summed E-state index contributed by atoms with van der Waals surface area (Å²) in [5.74, 6) is 0.807. The number of aryl methyl sites for hydroxylation is 1. The Hall–Kier alpha value is -1.99. The van der Waals surface area contributed by atoms with Gasteiger partial charge in [0.15, 0.2) is 5.82 Å². The highest BCUT2D eigenvalue weighted by Gasteiger charge is 2.16. The van der Waals surface area contributed by atoms with E-state index in [1.54, 1.807) is 32.0 Å². The largest absolute Gasteiger partial charge is 0.360 e. The van der Waals surface area contributed by atoms with E-state index in [4.69, 9.17) is 16.1 Å². The van der Waals surface area contributed by atoms with E-state index in [-0.39, 0.29) is 22.8 Å². The number of rotatable bonds is 7. The minimum Gasteiger partial charge on any atom is -0.360 e. The molecule has 1 aromatic carbocycles. The second kappa shape index (κ2) is 8.75.